The molecule has 1 unspecified atom stereocenters. The molecule has 0 radical (unpaired) electrons. The van der Waals surface area contributed by atoms with Gasteiger partial charge in [-0.15, -0.1) is 11.8 Å². The lowest BCUT2D eigenvalue weighted by atomic mass is 10.1. The number of amides is 1. The number of hydrogen-bond donors (Lipinski definition) is 1. The standard InChI is InChI=1S/C17H24N2OS/c1-12(13-6-7-13)19(15-8-9-15)11-17(20)18-14-4-3-5-16(10-14)21-2/h3-5,10,12-13,15H,6-9,11H2,1-2H3,(H,18,20). The zero-order valence-electron chi connectivity index (χ0n) is 12.8. The van der Waals surface area contributed by atoms with Gasteiger partial charge in [-0.2, -0.15) is 0 Å². The maximum Gasteiger partial charge on any atom is 0.238 e. The molecule has 1 aromatic rings. The molecule has 2 saturated carbocycles. The number of benzene rings is 1. The second-order valence-corrected chi connectivity index (χ2v) is 7.14. The molecule has 0 aromatic heterocycles. The smallest absolute Gasteiger partial charge is 0.238 e. The highest BCUT2D eigenvalue weighted by molar-refractivity contribution is 7.98. The second-order valence-electron chi connectivity index (χ2n) is 6.26. The monoisotopic (exact) mass is 304 g/mol. The van der Waals surface area contributed by atoms with Crippen LogP contribution in [0.5, 0.6) is 0 Å². The summed E-state index contributed by atoms with van der Waals surface area (Å²) in [6, 6.07) is 9.25. The van der Waals surface area contributed by atoms with Crippen LogP contribution in [-0.4, -0.2) is 35.7 Å². The highest BCUT2D eigenvalue weighted by Gasteiger charge is 2.39. The number of rotatable bonds is 7. The van der Waals surface area contributed by atoms with E-state index in [0.717, 1.165) is 11.6 Å². The van der Waals surface area contributed by atoms with Crippen LogP contribution in [-0.2, 0) is 4.79 Å². The molecular formula is C17H24N2OS. The summed E-state index contributed by atoms with van der Waals surface area (Å²) >= 11 is 1.69. The molecule has 4 heteroatoms. The molecule has 2 aliphatic carbocycles. The van der Waals surface area contributed by atoms with E-state index in [-0.39, 0.29) is 5.91 Å². The Morgan fingerprint density at radius 3 is 2.76 bits per heavy atom. The van der Waals surface area contributed by atoms with E-state index in [1.807, 2.05) is 24.5 Å². The first-order valence-electron chi connectivity index (χ1n) is 7.87. The highest BCUT2D eigenvalue weighted by atomic mass is 32.2. The number of carbonyl (C=O) groups is 1. The molecule has 3 rings (SSSR count). The zero-order valence-corrected chi connectivity index (χ0v) is 13.7. The largest absolute Gasteiger partial charge is 0.325 e. The molecule has 1 aromatic carbocycles. The van der Waals surface area contributed by atoms with Gasteiger partial charge in [0.05, 0.1) is 6.54 Å². The van der Waals surface area contributed by atoms with E-state index in [2.05, 4.69) is 23.2 Å². The van der Waals surface area contributed by atoms with Crippen LogP contribution in [0.4, 0.5) is 5.69 Å². The van der Waals surface area contributed by atoms with Crippen molar-refractivity contribution in [3.8, 4) is 0 Å². The second kappa shape index (κ2) is 6.41. The van der Waals surface area contributed by atoms with Gasteiger partial charge in [0.15, 0.2) is 0 Å². The van der Waals surface area contributed by atoms with Gasteiger partial charge in [-0.3, -0.25) is 9.69 Å². The Hall–Kier alpha value is -1.00. The summed E-state index contributed by atoms with van der Waals surface area (Å²) in [5, 5.41) is 3.05. The van der Waals surface area contributed by atoms with Crippen LogP contribution >= 0.6 is 11.8 Å². The molecule has 21 heavy (non-hydrogen) atoms. The van der Waals surface area contributed by atoms with E-state index >= 15 is 0 Å². The lowest BCUT2D eigenvalue weighted by Gasteiger charge is -2.28. The Morgan fingerprint density at radius 1 is 1.38 bits per heavy atom. The van der Waals surface area contributed by atoms with Crippen molar-refractivity contribution in [3.63, 3.8) is 0 Å². The van der Waals surface area contributed by atoms with Crippen LogP contribution in [0.15, 0.2) is 29.2 Å². The number of thioether (sulfide) groups is 1. The molecule has 0 bridgehead atoms. The van der Waals surface area contributed by atoms with Crippen LogP contribution in [0.3, 0.4) is 0 Å². The Labute approximate surface area is 131 Å². The normalized spacial score (nSPS) is 19.6. The van der Waals surface area contributed by atoms with Crippen molar-refractivity contribution in [2.45, 2.75) is 49.6 Å². The van der Waals surface area contributed by atoms with Gasteiger partial charge in [-0.1, -0.05) is 6.07 Å². The Bertz CT molecular complexity index is 511. The fraction of sp³-hybridized carbons (Fsp3) is 0.588. The average molecular weight is 304 g/mol. The van der Waals surface area contributed by atoms with Crippen LogP contribution < -0.4 is 5.32 Å². The van der Waals surface area contributed by atoms with Gasteiger partial charge in [0.1, 0.15) is 0 Å². The fourth-order valence-corrected chi connectivity index (χ4v) is 3.39. The molecule has 1 atom stereocenters. The summed E-state index contributed by atoms with van der Waals surface area (Å²) in [7, 11) is 0. The van der Waals surface area contributed by atoms with Crippen molar-refractivity contribution in [1.29, 1.82) is 0 Å². The first kappa shape index (κ1) is 14.9. The van der Waals surface area contributed by atoms with Crippen LogP contribution in [0, 0.1) is 5.92 Å². The van der Waals surface area contributed by atoms with Gasteiger partial charge in [0, 0.05) is 22.7 Å². The van der Waals surface area contributed by atoms with Crippen molar-refractivity contribution in [2.75, 3.05) is 18.1 Å². The summed E-state index contributed by atoms with van der Waals surface area (Å²) in [5.74, 6) is 0.936. The maximum absolute atomic E-state index is 12.3. The van der Waals surface area contributed by atoms with Crippen molar-refractivity contribution in [1.82, 2.24) is 4.90 Å². The van der Waals surface area contributed by atoms with Gasteiger partial charge < -0.3 is 5.32 Å². The Morgan fingerprint density at radius 2 is 2.14 bits per heavy atom. The van der Waals surface area contributed by atoms with Crippen LogP contribution in [0.2, 0.25) is 0 Å². The third kappa shape index (κ3) is 4.01. The molecule has 2 aliphatic rings. The summed E-state index contributed by atoms with van der Waals surface area (Å²) in [6.45, 7) is 2.82. The predicted molar refractivity (Wildman–Crippen MR) is 88.8 cm³/mol. The number of anilines is 1. The minimum atomic E-state index is 0.118. The first-order valence-corrected chi connectivity index (χ1v) is 9.09. The van der Waals surface area contributed by atoms with E-state index in [1.54, 1.807) is 11.8 Å². The summed E-state index contributed by atoms with van der Waals surface area (Å²) in [6.07, 6.45) is 7.23. The first-order chi connectivity index (χ1) is 10.2. The molecule has 1 N–H and O–H groups in total. The van der Waals surface area contributed by atoms with Crippen molar-refractivity contribution < 1.29 is 4.79 Å². The number of carbonyl (C=O) groups excluding carboxylic acids is 1. The van der Waals surface area contributed by atoms with E-state index < -0.39 is 0 Å². The lowest BCUT2D eigenvalue weighted by molar-refractivity contribution is -0.118. The molecule has 0 heterocycles. The van der Waals surface area contributed by atoms with Gasteiger partial charge in [0.2, 0.25) is 5.91 Å². The fourth-order valence-electron chi connectivity index (χ4n) is 2.93. The number of nitrogens with one attached hydrogen (secondary N) is 1. The molecule has 0 saturated heterocycles. The van der Waals surface area contributed by atoms with Gasteiger partial charge >= 0.3 is 0 Å². The third-order valence-electron chi connectivity index (χ3n) is 4.52. The summed E-state index contributed by atoms with van der Waals surface area (Å²) < 4.78 is 0. The van der Waals surface area contributed by atoms with E-state index in [9.17, 15) is 4.79 Å². The minimum Gasteiger partial charge on any atom is -0.325 e. The van der Waals surface area contributed by atoms with Crippen molar-refractivity contribution in [2.24, 2.45) is 5.92 Å². The molecule has 1 amide bonds. The Kier molecular flexibility index (Phi) is 4.55. The molecular weight excluding hydrogens is 280 g/mol. The predicted octanol–water partition coefficient (Wildman–Crippen LogP) is 3.61. The Balaban J connectivity index is 1.58. The molecule has 2 fully saturated rings. The van der Waals surface area contributed by atoms with E-state index in [0.29, 0.717) is 18.6 Å². The molecule has 0 aliphatic heterocycles. The topological polar surface area (TPSA) is 32.3 Å². The SMILES string of the molecule is CSc1cccc(NC(=O)CN(C2CC2)C(C)C2CC2)c1. The molecule has 114 valence electrons. The minimum absolute atomic E-state index is 0.118. The van der Waals surface area contributed by atoms with Gasteiger partial charge in [-0.25, -0.2) is 0 Å². The van der Waals surface area contributed by atoms with E-state index in [1.165, 1.54) is 30.6 Å². The lowest BCUT2D eigenvalue weighted by Crippen LogP contribution is -2.42. The summed E-state index contributed by atoms with van der Waals surface area (Å²) in [4.78, 5) is 15.9. The highest BCUT2D eigenvalue weighted by Crippen LogP contribution is 2.39. The van der Waals surface area contributed by atoms with Gasteiger partial charge in [-0.05, 0) is 63.0 Å². The van der Waals surface area contributed by atoms with Crippen LogP contribution in [0.1, 0.15) is 32.6 Å². The number of hydrogen-bond acceptors (Lipinski definition) is 3. The average Bonchev–Trinajstić information content (AvgIpc) is 3.36. The molecule has 3 nitrogen and oxygen atoms in total. The van der Waals surface area contributed by atoms with Crippen LogP contribution in [0.25, 0.3) is 0 Å². The maximum atomic E-state index is 12.3. The van der Waals surface area contributed by atoms with E-state index in [4.69, 9.17) is 0 Å². The zero-order chi connectivity index (χ0) is 14.8. The summed E-state index contributed by atoms with van der Waals surface area (Å²) in [5.41, 5.74) is 0.904. The van der Waals surface area contributed by atoms with Gasteiger partial charge in [0.25, 0.3) is 0 Å². The van der Waals surface area contributed by atoms with Crippen molar-refractivity contribution >= 4 is 23.4 Å². The quantitative estimate of drug-likeness (QED) is 0.781. The molecule has 0 spiro atoms. The number of nitrogens with zero attached hydrogens (tertiary/aromatic N) is 1. The third-order valence-corrected chi connectivity index (χ3v) is 5.25. The van der Waals surface area contributed by atoms with Crippen molar-refractivity contribution in [3.05, 3.63) is 24.3 Å².